The molecule has 6 heteroatoms. The first-order chi connectivity index (χ1) is 8.80. The van der Waals surface area contributed by atoms with Gasteiger partial charge in [-0.2, -0.15) is 0 Å². The minimum absolute atomic E-state index is 0.00926. The number of rotatable bonds is 2. The number of hydrogen-bond donors (Lipinski definition) is 0. The molecule has 2 aliphatic rings. The van der Waals surface area contributed by atoms with Gasteiger partial charge in [0.1, 0.15) is 0 Å². The first kappa shape index (κ1) is 18.8. The van der Waals surface area contributed by atoms with Crippen molar-refractivity contribution >= 4 is 0 Å². The van der Waals surface area contributed by atoms with E-state index in [0.29, 0.717) is 0 Å². The fourth-order valence-corrected chi connectivity index (χ4v) is 1.38. The molecule has 0 amide bonds. The lowest BCUT2D eigenvalue weighted by molar-refractivity contribution is -0.429. The van der Waals surface area contributed by atoms with Gasteiger partial charge in [0.2, 0.25) is 0 Å². The molecular weight excluding hydrogens is 252 g/mol. The molecular formula is C13H28O6. The molecule has 0 atom stereocenters. The summed E-state index contributed by atoms with van der Waals surface area (Å²) in [7, 11) is 3.21. The van der Waals surface area contributed by atoms with E-state index in [1.54, 1.807) is 14.2 Å². The van der Waals surface area contributed by atoms with Crippen molar-refractivity contribution in [2.75, 3.05) is 27.4 Å². The van der Waals surface area contributed by atoms with Gasteiger partial charge in [0.15, 0.2) is 24.7 Å². The van der Waals surface area contributed by atoms with Crippen LogP contribution in [0.15, 0.2) is 0 Å². The fraction of sp³-hybridized carbons (Fsp3) is 1.00. The Bertz CT molecular complexity index is 203. The lowest BCUT2D eigenvalue weighted by atomic mass is 10.3. The third kappa shape index (κ3) is 10.2. The second kappa shape index (κ2) is 9.63. The van der Waals surface area contributed by atoms with E-state index in [1.807, 2.05) is 34.6 Å². The van der Waals surface area contributed by atoms with E-state index in [2.05, 4.69) is 9.47 Å². The molecule has 2 aliphatic heterocycles. The van der Waals surface area contributed by atoms with Gasteiger partial charge in [-0.25, -0.2) is 0 Å². The third-order valence-corrected chi connectivity index (χ3v) is 2.35. The lowest BCUT2D eigenvalue weighted by Gasteiger charge is -2.40. The van der Waals surface area contributed by atoms with E-state index in [4.69, 9.17) is 18.9 Å². The van der Waals surface area contributed by atoms with Gasteiger partial charge < -0.3 is 28.4 Å². The Kier molecular flexibility index (Phi) is 9.51. The maximum atomic E-state index is 5.10. The van der Waals surface area contributed by atoms with Crippen LogP contribution in [0.5, 0.6) is 0 Å². The van der Waals surface area contributed by atoms with Gasteiger partial charge in [0.25, 0.3) is 0 Å². The van der Waals surface area contributed by atoms with Gasteiger partial charge in [-0.3, -0.25) is 0 Å². The molecule has 6 nitrogen and oxygen atoms in total. The van der Waals surface area contributed by atoms with E-state index >= 15 is 0 Å². The van der Waals surface area contributed by atoms with Crippen LogP contribution in [0.25, 0.3) is 0 Å². The molecule has 0 radical (unpaired) electrons. The van der Waals surface area contributed by atoms with E-state index < -0.39 is 0 Å². The van der Waals surface area contributed by atoms with Crippen molar-refractivity contribution < 1.29 is 28.4 Å². The molecule has 0 aromatic heterocycles. The quantitative estimate of drug-likeness (QED) is 0.722. The first-order valence-electron chi connectivity index (χ1n) is 6.45. The van der Waals surface area contributed by atoms with E-state index in [1.165, 1.54) is 0 Å². The van der Waals surface area contributed by atoms with Crippen molar-refractivity contribution in [2.45, 2.75) is 59.3 Å². The summed E-state index contributed by atoms with van der Waals surface area (Å²) >= 11 is 0. The zero-order valence-corrected chi connectivity index (χ0v) is 13.1. The Morgan fingerprint density at radius 2 is 1.37 bits per heavy atom. The Labute approximate surface area is 116 Å². The maximum absolute atomic E-state index is 5.10. The monoisotopic (exact) mass is 280 g/mol. The van der Waals surface area contributed by atoms with Gasteiger partial charge in [0.05, 0.1) is 13.2 Å². The molecule has 0 aromatic rings. The third-order valence-electron chi connectivity index (χ3n) is 2.35. The summed E-state index contributed by atoms with van der Waals surface area (Å²) in [6.07, 6.45) is -0.00926. The van der Waals surface area contributed by atoms with Crippen LogP contribution in [0.2, 0.25) is 0 Å². The Hall–Kier alpha value is -0.240. The van der Waals surface area contributed by atoms with Gasteiger partial charge in [-0.1, -0.05) is 0 Å². The van der Waals surface area contributed by atoms with Gasteiger partial charge in [0, 0.05) is 14.2 Å². The number of methoxy groups -OCH3 is 2. The molecule has 0 aliphatic carbocycles. The summed E-state index contributed by atoms with van der Waals surface area (Å²) in [6, 6.07) is 0. The molecule has 0 saturated carbocycles. The summed E-state index contributed by atoms with van der Waals surface area (Å²) in [5, 5.41) is 0. The first-order valence-corrected chi connectivity index (χ1v) is 6.45. The summed E-state index contributed by atoms with van der Waals surface area (Å²) in [6.45, 7) is 10.9. The highest BCUT2D eigenvalue weighted by Gasteiger charge is 2.34. The summed E-state index contributed by atoms with van der Waals surface area (Å²) in [5.41, 5.74) is 0. The molecule has 2 rings (SSSR count). The van der Waals surface area contributed by atoms with Gasteiger partial charge in [-0.15, -0.1) is 0 Å². The second-order valence-electron chi connectivity index (χ2n) is 4.55. The van der Waals surface area contributed by atoms with E-state index in [9.17, 15) is 0 Å². The lowest BCUT2D eigenvalue weighted by Crippen LogP contribution is -2.47. The van der Waals surface area contributed by atoms with Crippen molar-refractivity contribution in [3.05, 3.63) is 0 Å². The van der Waals surface area contributed by atoms with Crippen LogP contribution in [-0.2, 0) is 28.4 Å². The number of hydrogen-bond acceptors (Lipinski definition) is 6. The zero-order valence-electron chi connectivity index (χ0n) is 13.1. The fourth-order valence-electron chi connectivity index (χ4n) is 1.38. The minimum Gasteiger partial charge on any atom is -0.356 e. The summed E-state index contributed by atoms with van der Waals surface area (Å²) < 4.78 is 29.4. The smallest absolute Gasteiger partial charge is 0.169 e. The topological polar surface area (TPSA) is 55.4 Å². The molecule has 116 valence electrons. The molecule has 0 bridgehead atoms. The average Bonchev–Trinajstić information content (AvgIpc) is 2.78. The second-order valence-corrected chi connectivity index (χ2v) is 4.55. The van der Waals surface area contributed by atoms with Crippen LogP contribution in [-0.4, -0.2) is 52.1 Å². The highest BCUT2D eigenvalue weighted by molar-refractivity contribution is 4.62. The van der Waals surface area contributed by atoms with Crippen LogP contribution < -0.4 is 0 Å². The summed E-state index contributed by atoms with van der Waals surface area (Å²) in [5.74, 6) is -0.306. The van der Waals surface area contributed by atoms with Gasteiger partial charge in [-0.05, 0) is 34.6 Å². The summed E-state index contributed by atoms with van der Waals surface area (Å²) in [4.78, 5) is 0. The number of ether oxygens (including phenoxy) is 6. The van der Waals surface area contributed by atoms with Crippen molar-refractivity contribution in [3.8, 4) is 0 Å². The molecule has 0 spiro atoms. The van der Waals surface area contributed by atoms with Crippen molar-refractivity contribution in [1.29, 1.82) is 0 Å². The molecule has 2 fully saturated rings. The Morgan fingerprint density at radius 1 is 0.947 bits per heavy atom. The molecule has 0 unspecified atom stereocenters. The van der Waals surface area contributed by atoms with Crippen molar-refractivity contribution in [3.63, 3.8) is 0 Å². The Balaban J connectivity index is 0.000000257. The molecule has 0 N–H and O–H groups in total. The van der Waals surface area contributed by atoms with E-state index in [-0.39, 0.29) is 24.7 Å². The van der Waals surface area contributed by atoms with Crippen LogP contribution in [0.4, 0.5) is 0 Å². The van der Waals surface area contributed by atoms with Crippen LogP contribution in [0.1, 0.15) is 34.6 Å². The van der Waals surface area contributed by atoms with E-state index in [0.717, 1.165) is 13.2 Å². The molecule has 0 aromatic carbocycles. The average molecular weight is 280 g/mol. The maximum Gasteiger partial charge on any atom is 0.169 e. The SMILES string of the molecule is CC1OC(C)(C)O1.CC1OCCO1.COC(C)OC. The predicted octanol–water partition coefficient (Wildman–Crippen LogP) is 2.12. The van der Waals surface area contributed by atoms with Crippen LogP contribution >= 0.6 is 0 Å². The normalized spacial score (nSPS) is 22.1. The molecule has 2 heterocycles. The van der Waals surface area contributed by atoms with Gasteiger partial charge >= 0.3 is 0 Å². The van der Waals surface area contributed by atoms with Crippen LogP contribution in [0, 0.1) is 0 Å². The minimum atomic E-state index is -0.306. The molecule has 2 saturated heterocycles. The largest absolute Gasteiger partial charge is 0.356 e. The zero-order chi connectivity index (χ0) is 14.9. The Morgan fingerprint density at radius 3 is 1.42 bits per heavy atom. The van der Waals surface area contributed by atoms with Crippen molar-refractivity contribution in [2.24, 2.45) is 0 Å². The highest BCUT2D eigenvalue weighted by atomic mass is 16.9. The molecule has 19 heavy (non-hydrogen) atoms. The predicted molar refractivity (Wildman–Crippen MR) is 70.6 cm³/mol. The van der Waals surface area contributed by atoms with Crippen LogP contribution in [0.3, 0.4) is 0 Å². The van der Waals surface area contributed by atoms with Crippen molar-refractivity contribution in [1.82, 2.24) is 0 Å². The standard InChI is InChI=1S/C5H10O2.C4H8O2.C4H10O2/c1-4-6-5(2,3)7-4;1-4-5-2-3-6-4;1-4(5-2)6-3/h4H,1-3H3;4H,2-3H2,1H3;4H,1-3H3. The highest BCUT2D eigenvalue weighted by Crippen LogP contribution is 2.26.